The van der Waals surface area contributed by atoms with E-state index in [0.717, 1.165) is 16.8 Å². The number of rotatable bonds is 6. The second-order valence-electron chi connectivity index (χ2n) is 7.26. The predicted octanol–water partition coefficient (Wildman–Crippen LogP) is 3.05. The Bertz CT molecular complexity index is 872. The van der Waals surface area contributed by atoms with Crippen molar-refractivity contribution in [3.05, 3.63) is 71.7 Å². The summed E-state index contributed by atoms with van der Waals surface area (Å²) >= 11 is 0. The molecule has 0 radical (unpaired) electrons. The van der Waals surface area contributed by atoms with Crippen LogP contribution < -0.4 is 15.8 Å². The molecule has 28 heavy (non-hydrogen) atoms. The zero-order valence-corrected chi connectivity index (χ0v) is 17.2. The summed E-state index contributed by atoms with van der Waals surface area (Å²) in [5, 5.41) is 0.666. The Morgan fingerprint density at radius 2 is 1.93 bits per heavy atom. The maximum atomic E-state index is 13.9. The Kier molecular flexibility index (Phi) is 6.04. The Morgan fingerprint density at radius 3 is 2.54 bits per heavy atom. The fourth-order valence-electron chi connectivity index (χ4n) is 3.89. The van der Waals surface area contributed by atoms with Crippen LogP contribution >= 0.6 is 9.24 Å². The zero-order valence-electron chi connectivity index (χ0n) is 16.1. The first-order valence-corrected chi connectivity index (χ1v) is 9.88. The van der Waals surface area contributed by atoms with Crippen LogP contribution in [-0.4, -0.2) is 30.5 Å². The second kappa shape index (κ2) is 8.32. The van der Waals surface area contributed by atoms with E-state index < -0.39 is 11.2 Å². The Hall–Kier alpha value is -2.39. The number of aryl methyl sites for hydroxylation is 1. The van der Waals surface area contributed by atoms with Crippen LogP contribution in [0.1, 0.15) is 24.0 Å². The number of piperidine rings is 1. The third kappa shape index (κ3) is 3.90. The quantitative estimate of drug-likeness (QED) is 0.759. The Morgan fingerprint density at radius 1 is 1.25 bits per heavy atom. The smallest absolute Gasteiger partial charge is 0.228 e. The van der Waals surface area contributed by atoms with Gasteiger partial charge in [0.25, 0.3) is 0 Å². The highest BCUT2D eigenvalue weighted by atomic mass is 31.0. The molecule has 1 aliphatic rings. The van der Waals surface area contributed by atoms with Gasteiger partial charge in [-0.3, -0.25) is 4.79 Å². The van der Waals surface area contributed by atoms with Gasteiger partial charge >= 0.3 is 0 Å². The fourth-order valence-corrected chi connectivity index (χ4v) is 4.22. The molecule has 0 aromatic heterocycles. The fraction of sp³-hybridized carbons (Fsp3) is 0.318. The summed E-state index contributed by atoms with van der Waals surface area (Å²) in [6.07, 6.45) is 1.22. The molecular formula is C22H26FN2O2P. The number of para-hydroxylation sites is 1. The van der Waals surface area contributed by atoms with Crippen molar-refractivity contribution in [2.24, 2.45) is 5.73 Å². The molecule has 2 aromatic carbocycles. The average Bonchev–Trinajstić information content (AvgIpc) is 2.67. The monoisotopic (exact) mass is 400 g/mol. The molecule has 4 nitrogen and oxygen atoms in total. The van der Waals surface area contributed by atoms with E-state index >= 15 is 0 Å². The number of halogens is 1. The van der Waals surface area contributed by atoms with Gasteiger partial charge in [0.05, 0.1) is 5.41 Å². The van der Waals surface area contributed by atoms with E-state index in [1.54, 1.807) is 12.1 Å². The molecule has 2 aromatic rings. The van der Waals surface area contributed by atoms with Crippen LogP contribution in [-0.2, 0) is 10.2 Å². The van der Waals surface area contributed by atoms with Crippen molar-refractivity contribution < 1.29 is 13.9 Å². The summed E-state index contributed by atoms with van der Waals surface area (Å²) in [7, 11) is 2.47. The first kappa shape index (κ1) is 20.3. The molecule has 0 spiro atoms. The van der Waals surface area contributed by atoms with Crippen molar-refractivity contribution in [1.82, 2.24) is 4.90 Å². The van der Waals surface area contributed by atoms with Gasteiger partial charge < -0.3 is 15.4 Å². The lowest BCUT2D eigenvalue weighted by Crippen LogP contribution is -2.50. The van der Waals surface area contributed by atoms with Crippen molar-refractivity contribution >= 4 is 20.5 Å². The van der Waals surface area contributed by atoms with Gasteiger partial charge in [-0.25, -0.2) is 4.39 Å². The minimum atomic E-state index is -0.665. The molecule has 1 saturated heterocycles. The predicted molar refractivity (Wildman–Crippen MR) is 113 cm³/mol. The van der Waals surface area contributed by atoms with E-state index in [0.29, 0.717) is 31.2 Å². The highest BCUT2D eigenvalue weighted by Crippen LogP contribution is 2.37. The molecular weight excluding hydrogens is 374 g/mol. The summed E-state index contributed by atoms with van der Waals surface area (Å²) in [4.78, 5) is 14.5. The van der Waals surface area contributed by atoms with Crippen LogP contribution in [0.25, 0.3) is 0 Å². The molecule has 1 aliphatic heterocycles. The van der Waals surface area contributed by atoms with E-state index in [-0.39, 0.29) is 18.3 Å². The zero-order chi connectivity index (χ0) is 20.3. The van der Waals surface area contributed by atoms with Crippen molar-refractivity contribution in [2.75, 3.05) is 19.7 Å². The normalized spacial score (nSPS) is 15.9. The van der Waals surface area contributed by atoms with Crippen molar-refractivity contribution in [3.63, 3.8) is 0 Å². The number of hydrogen-bond acceptors (Lipinski definition) is 3. The minimum Gasteiger partial charge on any atom is -0.484 e. The van der Waals surface area contributed by atoms with Crippen molar-refractivity contribution in [1.29, 1.82) is 0 Å². The van der Waals surface area contributed by atoms with Gasteiger partial charge in [0.2, 0.25) is 5.91 Å². The molecule has 0 saturated carbocycles. The molecule has 148 valence electrons. The molecule has 3 rings (SSSR count). The van der Waals surface area contributed by atoms with E-state index in [4.69, 9.17) is 10.5 Å². The second-order valence-corrected chi connectivity index (χ2v) is 7.88. The summed E-state index contributed by atoms with van der Waals surface area (Å²) < 4.78 is 19.6. The van der Waals surface area contributed by atoms with Crippen LogP contribution in [0, 0.1) is 12.7 Å². The number of nitrogens with zero attached hydrogens (tertiary/aromatic N) is 1. The number of benzene rings is 2. The lowest BCUT2D eigenvalue weighted by Gasteiger charge is -2.42. The summed E-state index contributed by atoms with van der Waals surface area (Å²) in [5.74, 6) is -0.467. The van der Waals surface area contributed by atoms with E-state index in [1.807, 2.05) is 31.2 Å². The Balaban J connectivity index is 1.68. The highest BCUT2D eigenvalue weighted by Gasteiger charge is 2.42. The highest BCUT2D eigenvalue weighted by molar-refractivity contribution is 7.27. The van der Waals surface area contributed by atoms with Crippen LogP contribution in [0.2, 0.25) is 0 Å². The third-order valence-electron chi connectivity index (χ3n) is 5.58. The summed E-state index contributed by atoms with van der Waals surface area (Å²) in [6.45, 7) is 7.58. The van der Waals surface area contributed by atoms with Gasteiger partial charge in [0.15, 0.2) is 11.6 Å². The van der Waals surface area contributed by atoms with Gasteiger partial charge in [-0.1, -0.05) is 43.0 Å². The van der Waals surface area contributed by atoms with Crippen molar-refractivity contribution in [2.45, 2.75) is 25.2 Å². The first-order chi connectivity index (χ1) is 13.3. The van der Waals surface area contributed by atoms with Crippen molar-refractivity contribution in [3.8, 4) is 5.75 Å². The summed E-state index contributed by atoms with van der Waals surface area (Å²) in [5.41, 5.74) is 8.02. The van der Waals surface area contributed by atoms with Gasteiger partial charge in [-0.2, -0.15) is 0 Å². The molecule has 1 atom stereocenters. The van der Waals surface area contributed by atoms with Gasteiger partial charge in [-0.15, -0.1) is 9.24 Å². The maximum Gasteiger partial charge on any atom is 0.228 e. The third-order valence-corrected chi connectivity index (χ3v) is 6.03. The molecule has 0 bridgehead atoms. The lowest BCUT2D eigenvalue weighted by atomic mass is 9.70. The van der Waals surface area contributed by atoms with E-state index in [9.17, 15) is 9.18 Å². The SMILES string of the molecule is C=C(COc1c(F)cccc1P)N1CCC(C(N)=O)(c2ccccc2C)CC1. The van der Waals surface area contributed by atoms with Crippen LogP contribution in [0.3, 0.4) is 0 Å². The molecule has 2 N–H and O–H groups in total. The minimum absolute atomic E-state index is 0.191. The van der Waals surface area contributed by atoms with Crippen LogP contribution in [0.4, 0.5) is 4.39 Å². The topological polar surface area (TPSA) is 55.6 Å². The van der Waals surface area contributed by atoms with Gasteiger partial charge in [0.1, 0.15) is 6.61 Å². The number of nitrogens with two attached hydrogens (primary N) is 1. The number of primary amides is 1. The van der Waals surface area contributed by atoms with Crippen LogP contribution in [0.5, 0.6) is 5.75 Å². The number of likely N-dealkylation sites (tertiary alicyclic amines) is 1. The van der Waals surface area contributed by atoms with Gasteiger partial charge in [0, 0.05) is 24.1 Å². The largest absolute Gasteiger partial charge is 0.484 e. The molecule has 1 heterocycles. The molecule has 1 fully saturated rings. The maximum absolute atomic E-state index is 13.9. The first-order valence-electron chi connectivity index (χ1n) is 9.30. The standard InChI is InChI=1S/C22H26FN2O2P/c1-15-6-3-4-7-17(15)22(21(24)26)10-12-25(13-11-22)16(2)14-27-20-18(23)8-5-9-19(20)28/h3-9H,2,10-14,28H2,1H3,(H2,24,26). The van der Waals surface area contributed by atoms with Gasteiger partial charge in [-0.05, 0) is 37.0 Å². The molecule has 6 heteroatoms. The number of amides is 1. The molecule has 0 aliphatic carbocycles. The van der Waals surface area contributed by atoms with E-state index in [1.165, 1.54) is 6.07 Å². The number of carbonyl (C=O) groups is 1. The van der Waals surface area contributed by atoms with Crippen LogP contribution in [0.15, 0.2) is 54.7 Å². The number of ether oxygens (including phenoxy) is 1. The molecule has 1 amide bonds. The Labute approximate surface area is 167 Å². The molecule has 1 unspecified atom stereocenters. The number of hydrogen-bond donors (Lipinski definition) is 1. The lowest BCUT2D eigenvalue weighted by molar-refractivity contribution is -0.125. The average molecular weight is 400 g/mol. The number of carbonyl (C=O) groups excluding carboxylic acids is 1. The summed E-state index contributed by atoms with van der Waals surface area (Å²) in [6, 6.07) is 12.7. The van der Waals surface area contributed by atoms with E-state index in [2.05, 4.69) is 20.7 Å².